The van der Waals surface area contributed by atoms with E-state index >= 15 is 0 Å². The molecule has 2 aromatic heterocycles. The van der Waals surface area contributed by atoms with Crippen LogP contribution < -0.4 is 5.32 Å². The second-order valence-corrected chi connectivity index (χ2v) is 9.16. The summed E-state index contributed by atoms with van der Waals surface area (Å²) in [5.74, 6) is -1.25. The Hall–Kier alpha value is -3.52. The molecule has 3 aromatic rings. The number of fused-ring (bicyclic) bond motifs is 1. The summed E-state index contributed by atoms with van der Waals surface area (Å²) in [4.78, 5) is 42.9. The maximum Gasteiger partial charge on any atom is 0.341 e. The molecule has 0 saturated carbocycles. The SMILES string of the molecule is CCOC(=O)c1c(NC(=O)C(C)OC(=O)c2cccnc2)sc2c1CCC(c1ccccc1)C2. The zero-order valence-electron chi connectivity index (χ0n) is 19.1. The molecule has 34 heavy (non-hydrogen) atoms. The van der Waals surface area contributed by atoms with Gasteiger partial charge >= 0.3 is 11.9 Å². The van der Waals surface area contributed by atoms with E-state index in [1.165, 1.54) is 30.0 Å². The molecule has 1 aliphatic rings. The predicted octanol–water partition coefficient (Wildman–Crippen LogP) is 4.78. The number of hydrogen-bond donors (Lipinski definition) is 1. The molecule has 1 aromatic carbocycles. The second kappa shape index (κ2) is 10.6. The molecule has 7 nitrogen and oxygen atoms in total. The van der Waals surface area contributed by atoms with E-state index in [9.17, 15) is 14.4 Å². The first-order chi connectivity index (χ1) is 16.5. The fourth-order valence-corrected chi connectivity index (χ4v) is 5.40. The Morgan fingerprint density at radius 3 is 2.65 bits per heavy atom. The first kappa shape index (κ1) is 23.6. The van der Waals surface area contributed by atoms with Crippen LogP contribution in [-0.4, -0.2) is 35.5 Å². The Bertz CT molecular complexity index is 1180. The molecule has 0 saturated heterocycles. The molecule has 2 unspecified atom stereocenters. The van der Waals surface area contributed by atoms with E-state index in [0.29, 0.717) is 16.5 Å². The summed E-state index contributed by atoms with van der Waals surface area (Å²) < 4.78 is 10.6. The van der Waals surface area contributed by atoms with Crippen LogP contribution in [0, 0.1) is 0 Å². The van der Waals surface area contributed by atoms with Crippen molar-refractivity contribution in [1.82, 2.24) is 4.98 Å². The van der Waals surface area contributed by atoms with Gasteiger partial charge in [-0.2, -0.15) is 0 Å². The second-order valence-electron chi connectivity index (χ2n) is 8.06. The quantitative estimate of drug-likeness (QED) is 0.491. The molecule has 1 N–H and O–H groups in total. The predicted molar refractivity (Wildman–Crippen MR) is 129 cm³/mol. The fraction of sp³-hybridized carbons (Fsp3) is 0.308. The molecule has 0 radical (unpaired) electrons. The van der Waals surface area contributed by atoms with E-state index in [1.807, 2.05) is 18.2 Å². The summed E-state index contributed by atoms with van der Waals surface area (Å²) >= 11 is 1.39. The Balaban J connectivity index is 1.54. The topological polar surface area (TPSA) is 94.6 Å². The van der Waals surface area contributed by atoms with E-state index in [2.05, 4.69) is 22.4 Å². The first-order valence-corrected chi connectivity index (χ1v) is 12.1. The highest BCUT2D eigenvalue weighted by molar-refractivity contribution is 7.17. The van der Waals surface area contributed by atoms with E-state index in [0.717, 1.165) is 29.7 Å². The number of nitrogens with one attached hydrogen (secondary N) is 1. The van der Waals surface area contributed by atoms with Crippen molar-refractivity contribution in [2.75, 3.05) is 11.9 Å². The lowest BCUT2D eigenvalue weighted by Crippen LogP contribution is -2.30. The maximum absolute atomic E-state index is 12.9. The van der Waals surface area contributed by atoms with E-state index in [4.69, 9.17) is 9.47 Å². The zero-order chi connectivity index (χ0) is 24.1. The van der Waals surface area contributed by atoms with Gasteiger partial charge in [-0.3, -0.25) is 9.78 Å². The normalized spacial score (nSPS) is 15.6. The van der Waals surface area contributed by atoms with Gasteiger partial charge in [0, 0.05) is 17.3 Å². The van der Waals surface area contributed by atoms with Crippen molar-refractivity contribution < 1.29 is 23.9 Å². The van der Waals surface area contributed by atoms with Crippen LogP contribution in [0.25, 0.3) is 0 Å². The van der Waals surface area contributed by atoms with Crippen LogP contribution in [-0.2, 0) is 27.1 Å². The molecule has 0 bridgehead atoms. The lowest BCUT2D eigenvalue weighted by molar-refractivity contribution is -0.123. The minimum absolute atomic E-state index is 0.239. The van der Waals surface area contributed by atoms with Gasteiger partial charge in [-0.25, -0.2) is 9.59 Å². The van der Waals surface area contributed by atoms with Crippen LogP contribution in [0.5, 0.6) is 0 Å². The number of anilines is 1. The fourth-order valence-electron chi connectivity index (χ4n) is 4.08. The van der Waals surface area contributed by atoms with E-state index in [-0.39, 0.29) is 12.2 Å². The van der Waals surface area contributed by atoms with Crippen molar-refractivity contribution in [3.63, 3.8) is 0 Å². The lowest BCUT2D eigenvalue weighted by atomic mass is 9.83. The number of carbonyl (C=O) groups excluding carboxylic acids is 3. The molecule has 4 rings (SSSR count). The summed E-state index contributed by atoms with van der Waals surface area (Å²) in [7, 11) is 0. The maximum atomic E-state index is 12.9. The largest absolute Gasteiger partial charge is 0.462 e. The van der Waals surface area contributed by atoms with Gasteiger partial charge in [0.15, 0.2) is 6.10 Å². The van der Waals surface area contributed by atoms with Crippen LogP contribution in [0.1, 0.15) is 62.9 Å². The third-order valence-corrected chi connectivity index (χ3v) is 6.97. The number of carbonyl (C=O) groups is 3. The molecule has 2 heterocycles. The van der Waals surface area contributed by atoms with Gasteiger partial charge in [0.05, 0.1) is 17.7 Å². The van der Waals surface area contributed by atoms with Gasteiger partial charge in [0.1, 0.15) is 5.00 Å². The molecule has 176 valence electrons. The van der Waals surface area contributed by atoms with Crippen LogP contribution in [0.4, 0.5) is 5.00 Å². The molecular formula is C26H26N2O5S. The van der Waals surface area contributed by atoms with Crippen molar-refractivity contribution in [2.45, 2.75) is 45.1 Å². The molecule has 1 aliphatic carbocycles. The van der Waals surface area contributed by atoms with Gasteiger partial charge in [-0.1, -0.05) is 30.3 Å². The van der Waals surface area contributed by atoms with Crippen molar-refractivity contribution >= 4 is 34.2 Å². The van der Waals surface area contributed by atoms with Gasteiger partial charge in [-0.05, 0) is 62.3 Å². The third kappa shape index (κ3) is 5.17. The summed E-state index contributed by atoms with van der Waals surface area (Å²) in [6, 6.07) is 13.5. The lowest BCUT2D eigenvalue weighted by Gasteiger charge is -2.23. The van der Waals surface area contributed by atoms with Crippen molar-refractivity contribution in [3.8, 4) is 0 Å². The minimum Gasteiger partial charge on any atom is -0.462 e. The first-order valence-electron chi connectivity index (χ1n) is 11.3. The Labute approximate surface area is 202 Å². The number of aromatic nitrogens is 1. The summed E-state index contributed by atoms with van der Waals surface area (Å²) in [5.41, 5.74) is 2.87. The zero-order valence-corrected chi connectivity index (χ0v) is 19.9. The number of nitrogens with zero attached hydrogens (tertiary/aromatic N) is 1. The summed E-state index contributed by atoms with van der Waals surface area (Å²) in [6.07, 6.45) is 4.29. The average Bonchev–Trinajstić information content (AvgIpc) is 3.22. The van der Waals surface area contributed by atoms with Crippen molar-refractivity contribution in [1.29, 1.82) is 0 Å². The number of esters is 2. The summed E-state index contributed by atoms with van der Waals surface area (Å²) in [5, 5.41) is 3.24. The van der Waals surface area contributed by atoms with Gasteiger partial charge in [0.25, 0.3) is 5.91 Å². The highest BCUT2D eigenvalue weighted by Crippen LogP contribution is 2.42. The van der Waals surface area contributed by atoms with Crippen LogP contribution in [0.2, 0.25) is 0 Å². The van der Waals surface area contributed by atoms with E-state index < -0.39 is 23.9 Å². The number of rotatable bonds is 7. The molecule has 1 amide bonds. The van der Waals surface area contributed by atoms with Crippen LogP contribution in [0.3, 0.4) is 0 Å². The molecule has 0 spiro atoms. The third-order valence-electron chi connectivity index (χ3n) is 5.80. The Kier molecular flexibility index (Phi) is 7.37. The number of pyridine rings is 1. The number of hydrogen-bond acceptors (Lipinski definition) is 7. The monoisotopic (exact) mass is 478 g/mol. The summed E-state index contributed by atoms with van der Waals surface area (Å²) in [6.45, 7) is 3.48. The van der Waals surface area contributed by atoms with Gasteiger partial charge in [-0.15, -0.1) is 11.3 Å². The Morgan fingerprint density at radius 1 is 1.15 bits per heavy atom. The number of benzene rings is 1. The number of thiophene rings is 1. The smallest absolute Gasteiger partial charge is 0.341 e. The number of amides is 1. The van der Waals surface area contributed by atoms with Crippen LogP contribution in [0.15, 0.2) is 54.9 Å². The molecule has 2 atom stereocenters. The minimum atomic E-state index is -1.06. The molecule has 0 fully saturated rings. The molecule has 0 aliphatic heterocycles. The standard InChI is InChI=1S/C26H26N2O5S/c1-3-32-26(31)22-20-12-11-18(17-8-5-4-6-9-17)14-21(20)34-24(22)28-23(29)16(2)33-25(30)19-10-7-13-27-15-19/h4-10,13,15-16,18H,3,11-12,14H2,1-2H3,(H,28,29). The van der Waals surface area contributed by atoms with Gasteiger partial charge in [0.2, 0.25) is 0 Å². The number of ether oxygens (including phenoxy) is 2. The highest BCUT2D eigenvalue weighted by Gasteiger charge is 2.31. The average molecular weight is 479 g/mol. The highest BCUT2D eigenvalue weighted by atomic mass is 32.1. The van der Waals surface area contributed by atoms with Gasteiger partial charge < -0.3 is 14.8 Å². The van der Waals surface area contributed by atoms with Crippen LogP contribution >= 0.6 is 11.3 Å². The molecule has 8 heteroatoms. The Morgan fingerprint density at radius 2 is 1.94 bits per heavy atom. The van der Waals surface area contributed by atoms with E-state index in [1.54, 1.807) is 25.3 Å². The van der Waals surface area contributed by atoms with Crippen molar-refractivity contribution in [3.05, 3.63) is 82.0 Å². The molecular weight excluding hydrogens is 452 g/mol. The van der Waals surface area contributed by atoms with Crippen molar-refractivity contribution in [2.24, 2.45) is 0 Å².